The summed E-state index contributed by atoms with van der Waals surface area (Å²) in [6.45, 7) is 4.61. The summed E-state index contributed by atoms with van der Waals surface area (Å²) < 4.78 is 5.33. The molecule has 0 radical (unpaired) electrons. The summed E-state index contributed by atoms with van der Waals surface area (Å²) >= 11 is 11.6. The Balaban J connectivity index is 2.24. The molecule has 0 bridgehead atoms. The van der Waals surface area contributed by atoms with Gasteiger partial charge < -0.3 is 15.2 Å². The van der Waals surface area contributed by atoms with E-state index in [2.05, 4.69) is 5.32 Å². The van der Waals surface area contributed by atoms with Gasteiger partial charge in [-0.1, -0.05) is 37.0 Å². The molecular weight excluding hydrogens is 313 g/mol. The van der Waals surface area contributed by atoms with Crippen molar-refractivity contribution in [3.8, 4) is 5.75 Å². The predicted molar refractivity (Wildman–Crippen MR) is 85.1 cm³/mol. The van der Waals surface area contributed by atoms with E-state index in [1.54, 1.807) is 18.2 Å². The number of carbonyl (C=O) groups excluding carboxylic acids is 1. The number of rotatable bonds is 8. The fourth-order valence-electron chi connectivity index (χ4n) is 1.64. The Morgan fingerprint density at radius 2 is 2.05 bits per heavy atom. The van der Waals surface area contributed by atoms with Crippen LogP contribution in [0.4, 0.5) is 0 Å². The maximum absolute atomic E-state index is 11.6. The second kappa shape index (κ2) is 8.47. The van der Waals surface area contributed by atoms with Gasteiger partial charge >= 0.3 is 0 Å². The van der Waals surface area contributed by atoms with Gasteiger partial charge in [0, 0.05) is 19.2 Å². The number of aliphatic hydroxyl groups is 1. The number of benzene rings is 1. The predicted octanol–water partition coefficient (Wildman–Crippen LogP) is 3.29. The van der Waals surface area contributed by atoms with E-state index in [0.29, 0.717) is 22.3 Å². The van der Waals surface area contributed by atoms with Gasteiger partial charge in [0.1, 0.15) is 5.75 Å². The molecule has 0 atom stereocenters. The molecule has 2 N–H and O–H groups in total. The topological polar surface area (TPSA) is 58.6 Å². The van der Waals surface area contributed by atoms with Gasteiger partial charge in [-0.3, -0.25) is 4.79 Å². The van der Waals surface area contributed by atoms with Crippen molar-refractivity contribution in [2.24, 2.45) is 5.41 Å². The van der Waals surface area contributed by atoms with E-state index in [4.69, 9.17) is 33.0 Å². The van der Waals surface area contributed by atoms with Crippen LogP contribution in [-0.2, 0) is 4.79 Å². The van der Waals surface area contributed by atoms with Crippen LogP contribution in [0, 0.1) is 5.41 Å². The molecule has 0 fully saturated rings. The molecule has 0 aliphatic carbocycles. The molecule has 0 unspecified atom stereocenters. The number of aliphatic hydroxyl groups excluding tert-OH is 1. The second-order valence-electron chi connectivity index (χ2n) is 5.64. The first-order valence-electron chi connectivity index (χ1n) is 6.79. The van der Waals surface area contributed by atoms with Gasteiger partial charge in [-0.05, 0) is 30.4 Å². The first-order chi connectivity index (χ1) is 9.84. The van der Waals surface area contributed by atoms with E-state index in [1.807, 2.05) is 13.8 Å². The summed E-state index contributed by atoms with van der Waals surface area (Å²) in [5.74, 6) is 0.309. The number of carbonyl (C=O) groups is 1. The Morgan fingerprint density at radius 3 is 2.67 bits per heavy atom. The normalized spacial score (nSPS) is 11.3. The maximum Gasteiger partial charge on any atom is 0.257 e. The van der Waals surface area contributed by atoms with E-state index in [-0.39, 0.29) is 24.5 Å². The first kappa shape index (κ1) is 18.1. The number of ether oxygens (including phenoxy) is 1. The number of halogens is 2. The molecule has 0 aliphatic rings. The Morgan fingerprint density at radius 1 is 1.33 bits per heavy atom. The lowest BCUT2D eigenvalue weighted by Crippen LogP contribution is -2.30. The van der Waals surface area contributed by atoms with Crippen molar-refractivity contribution >= 4 is 29.1 Å². The summed E-state index contributed by atoms with van der Waals surface area (Å²) in [6, 6.07) is 4.85. The zero-order valence-electron chi connectivity index (χ0n) is 12.3. The lowest BCUT2D eigenvalue weighted by atomic mass is 9.89. The molecule has 0 saturated heterocycles. The summed E-state index contributed by atoms with van der Waals surface area (Å²) in [6.07, 6.45) is 1.66. The minimum Gasteiger partial charge on any atom is -0.484 e. The first-order valence-corrected chi connectivity index (χ1v) is 7.55. The Kier molecular flexibility index (Phi) is 7.29. The SMILES string of the molecule is CC(C)(CO)CCCNC(=O)COc1ccc(Cl)c(Cl)c1. The zero-order chi connectivity index (χ0) is 15.9. The third-order valence-electron chi connectivity index (χ3n) is 3.04. The lowest BCUT2D eigenvalue weighted by Gasteiger charge is -2.21. The lowest BCUT2D eigenvalue weighted by molar-refractivity contribution is -0.123. The summed E-state index contributed by atoms with van der Waals surface area (Å²) in [5.41, 5.74) is -0.110. The Labute approximate surface area is 135 Å². The minimum absolute atomic E-state index is 0.0681. The van der Waals surface area contributed by atoms with Crippen molar-refractivity contribution in [3.63, 3.8) is 0 Å². The van der Waals surface area contributed by atoms with Crippen molar-refractivity contribution in [3.05, 3.63) is 28.2 Å². The molecule has 6 heteroatoms. The number of hydrogen-bond donors (Lipinski definition) is 2. The van der Waals surface area contributed by atoms with Gasteiger partial charge in [-0.2, -0.15) is 0 Å². The van der Waals surface area contributed by atoms with E-state index >= 15 is 0 Å². The fraction of sp³-hybridized carbons (Fsp3) is 0.533. The van der Waals surface area contributed by atoms with Crippen LogP contribution in [0.2, 0.25) is 10.0 Å². The second-order valence-corrected chi connectivity index (χ2v) is 6.45. The van der Waals surface area contributed by atoms with E-state index < -0.39 is 0 Å². The van der Waals surface area contributed by atoms with Crippen LogP contribution < -0.4 is 10.1 Å². The standard InChI is InChI=1S/C15H21Cl2NO3/c1-15(2,10-19)6-3-7-18-14(20)9-21-11-4-5-12(16)13(17)8-11/h4-5,8,19H,3,6-7,9-10H2,1-2H3,(H,18,20). The Hall–Kier alpha value is -0.970. The van der Waals surface area contributed by atoms with Crippen LogP contribution in [0.1, 0.15) is 26.7 Å². The van der Waals surface area contributed by atoms with E-state index in [9.17, 15) is 4.79 Å². The minimum atomic E-state index is -0.192. The highest BCUT2D eigenvalue weighted by Gasteiger charge is 2.15. The van der Waals surface area contributed by atoms with Gasteiger partial charge in [0.25, 0.3) is 5.91 Å². The third-order valence-corrected chi connectivity index (χ3v) is 3.78. The molecule has 0 aromatic heterocycles. The molecule has 0 saturated carbocycles. The summed E-state index contributed by atoms with van der Waals surface area (Å²) in [7, 11) is 0. The maximum atomic E-state index is 11.6. The highest BCUT2D eigenvalue weighted by atomic mass is 35.5. The largest absolute Gasteiger partial charge is 0.484 e. The van der Waals surface area contributed by atoms with Crippen LogP contribution in [-0.4, -0.2) is 30.8 Å². The van der Waals surface area contributed by atoms with Crippen molar-refractivity contribution in [1.82, 2.24) is 5.32 Å². The van der Waals surface area contributed by atoms with Crippen LogP contribution in [0.25, 0.3) is 0 Å². The summed E-state index contributed by atoms with van der Waals surface area (Å²) in [4.78, 5) is 11.6. The van der Waals surface area contributed by atoms with Crippen molar-refractivity contribution in [2.45, 2.75) is 26.7 Å². The number of amides is 1. The smallest absolute Gasteiger partial charge is 0.257 e. The van der Waals surface area contributed by atoms with Gasteiger partial charge in [0.2, 0.25) is 0 Å². The molecule has 1 aromatic carbocycles. The molecular formula is C15H21Cl2NO3. The highest BCUT2D eigenvalue weighted by molar-refractivity contribution is 6.42. The molecule has 1 amide bonds. The van der Waals surface area contributed by atoms with Crippen LogP contribution >= 0.6 is 23.2 Å². The number of nitrogens with one attached hydrogen (secondary N) is 1. The summed E-state index contributed by atoms with van der Waals surface area (Å²) in [5, 5.41) is 12.7. The average molecular weight is 334 g/mol. The van der Waals surface area contributed by atoms with Gasteiger partial charge in [0.15, 0.2) is 6.61 Å². The van der Waals surface area contributed by atoms with E-state index in [0.717, 1.165) is 12.8 Å². The monoisotopic (exact) mass is 333 g/mol. The van der Waals surface area contributed by atoms with Gasteiger partial charge in [-0.25, -0.2) is 0 Å². The van der Waals surface area contributed by atoms with Crippen molar-refractivity contribution in [1.29, 1.82) is 0 Å². The molecule has 0 heterocycles. The van der Waals surface area contributed by atoms with Gasteiger partial charge in [-0.15, -0.1) is 0 Å². The van der Waals surface area contributed by atoms with Crippen molar-refractivity contribution < 1.29 is 14.6 Å². The number of hydrogen-bond acceptors (Lipinski definition) is 3. The molecule has 1 aromatic rings. The van der Waals surface area contributed by atoms with Crippen LogP contribution in [0.15, 0.2) is 18.2 Å². The molecule has 21 heavy (non-hydrogen) atoms. The fourth-order valence-corrected chi connectivity index (χ4v) is 1.93. The zero-order valence-corrected chi connectivity index (χ0v) is 13.8. The third kappa shape index (κ3) is 7.02. The quantitative estimate of drug-likeness (QED) is 0.717. The molecule has 0 spiro atoms. The van der Waals surface area contributed by atoms with Gasteiger partial charge in [0.05, 0.1) is 10.0 Å². The molecule has 0 aliphatic heterocycles. The van der Waals surface area contributed by atoms with Crippen LogP contribution in [0.3, 0.4) is 0 Å². The van der Waals surface area contributed by atoms with Crippen LogP contribution in [0.5, 0.6) is 5.75 Å². The molecule has 1 rings (SSSR count). The highest BCUT2D eigenvalue weighted by Crippen LogP contribution is 2.26. The molecule has 4 nitrogen and oxygen atoms in total. The average Bonchev–Trinajstić information content (AvgIpc) is 2.45. The van der Waals surface area contributed by atoms with Crippen molar-refractivity contribution in [2.75, 3.05) is 19.8 Å². The molecule has 118 valence electrons. The Bertz CT molecular complexity index is 478. The van der Waals surface area contributed by atoms with E-state index in [1.165, 1.54) is 0 Å².